The molecular formula is C27H27F3N6O5. The SMILES string of the molecule is CC(=O)c1ccc(NC(=O)Nc2ccc3[nH]cc(C[C@H](N)C(=O)N4CCC[C@H]4C#N)c3c2)cc1.O=C(O)C(F)(F)F. The first kappa shape index (κ1) is 30.6. The normalized spacial score (nSPS) is 15.3. The molecule has 1 fully saturated rings. The molecule has 1 aromatic heterocycles. The summed E-state index contributed by atoms with van der Waals surface area (Å²) < 4.78 is 31.7. The van der Waals surface area contributed by atoms with Gasteiger partial charge in [-0.1, -0.05) is 0 Å². The van der Waals surface area contributed by atoms with Gasteiger partial charge in [-0.2, -0.15) is 18.4 Å². The van der Waals surface area contributed by atoms with Crippen LogP contribution in [0.15, 0.2) is 48.7 Å². The predicted molar refractivity (Wildman–Crippen MR) is 143 cm³/mol. The van der Waals surface area contributed by atoms with Crippen molar-refractivity contribution < 1.29 is 37.5 Å². The molecule has 3 amide bonds. The number of rotatable bonds is 6. The van der Waals surface area contributed by atoms with E-state index in [-0.39, 0.29) is 11.7 Å². The second-order valence-electron chi connectivity index (χ2n) is 9.22. The van der Waals surface area contributed by atoms with E-state index in [1.807, 2.05) is 18.3 Å². The van der Waals surface area contributed by atoms with Gasteiger partial charge >= 0.3 is 18.2 Å². The van der Waals surface area contributed by atoms with E-state index in [1.54, 1.807) is 35.2 Å². The van der Waals surface area contributed by atoms with Gasteiger partial charge in [0.1, 0.15) is 6.04 Å². The Labute approximate surface area is 232 Å². The van der Waals surface area contributed by atoms with E-state index in [4.69, 9.17) is 15.6 Å². The monoisotopic (exact) mass is 572 g/mol. The van der Waals surface area contributed by atoms with Gasteiger partial charge in [0.25, 0.3) is 0 Å². The molecule has 1 saturated heterocycles. The molecule has 4 rings (SSSR count). The topological polar surface area (TPSA) is 181 Å². The van der Waals surface area contributed by atoms with E-state index in [1.165, 1.54) is 6.92 Å². The number of aromatic amines is 1. The summed E-state index contributed by atoms with van der Waals surface area (Å²) >= 11 is 0. The minimum Gasteiger partial charge on any atom is -0.475 e. The van der Waals surface area contributed by atoms with E-state index in [0.29, 0.717) is 36.3 Å². The van der Waals surface area contributed by atoms with Crippen molar-refractivity contribution in [3.63, 3.8) is 0 Å². The minimum absolute atomic E-state index is 0.0432. The molecule has 3 aromatic rings. The zero-order valence-corrected chi connectivity index (χ0v) is 21.8. The Morgan fingerprint density at radius 3 is 2.34 bits per heavy atom. The quantitative estimate of drug-likeness (QED) is 0.276. The molecule has 6 N–H and O–H groups in total. The van der Waals surface area contributed by atoms with Crippen molar-refractivity contribution in [1.82, 2.24) is 9.88 Å². The maximum absolute atomic E-state index is 12.8. The van der Waals surface area contributed by atoms with E-state index in [9.17, 15) is 32.8 Å². The lowest BCUT2D eigenvalue weighted by atomic mass is 10.0. The number of anilines is 2. The van der Waals surface area contributed by atoms with Crippen LogP contribution < -0.4 is 16.4 Å². The number of halogens is 3. The predicted octanol–water partition coefficient (Wildman–Crippen LogP) is 4.03. The van der Waals surface area contributed by atoms with Crippen molar-refractivity contribution in [3.05, 3.63) is 59.8 Å². The molecule has 14 heteroatoms. The van der Waals surface area contributed by atoms with E-state index in [0.717, 1.165) is 22.9 Å². The molecule has 0 radical (unpaired) electrons. The number of ketones is 1. The zero-order chi connectivity index (χ0) is 30.3. The van der Waals surface area contributed by atoms with Gasteiger partial charge in [0, 0.05) is 40.6 Å². The van der Waals surface area contributed by atoms with Gasteiger partial charge < -0.3 is 31.4 Å². The van der Waals surface area contributed by atoms with Gasteiger partial charge in [0.15, 0.2) is 5.78 Å². The van der Waals surface area contributed by atoms with Gasteiger partial charge in [-0.15, -0.1) is 0 Å². The number of nitriles is 1. The second-order valence-corrected chi connectivity index (χ2v) is 9.22. The summed E-state index contributed by atoms with van der Waals surface area (Å²) in [5, 5.41) is 22.8. The number of carboxylic acid groups (broad SMARTS) is 1. The Morgan fingerprint density at radius 2 is 1.76 bits per heavy atom. The number of likely N-dealkylation sites (tertiary alicyclic amines) is 1. The average Bonchev–Trinajstić information content (AvgIpc) is 3.55. The number of urea groups is 1. The maximum Gasteiger partial charge on any atom is 0.490 e. The molecule has 0 bridgehead atoms. The zero-order valence-electron chi connectivity index (χ0n) is 21.8. The number of aliphatic carboxylic acids is 1. The molecule has 1 aliphatic rings. The fourth-order valence-electron chi connectivity index (χ4n) is 4.21. The molecule has 216 valence electrons. The highest BCUT2D eigenvalue weighted by Crippen LogP contribution is 2.25. The number of alkyl halides is 3. The third-order valence-electron chi connectivity index (χ3n) is 6.26. The summed E-state index contributed by atoms with van der Waals surface area (Å²) in [6.07, 6.45) is -1.47. The lowest BCUT2D eigenvalue weighted by Crippen LogP contribution is -2.46. The number of nitrogens with two attached hydrogens (primary N) is 1. The number of hydrogen-bond acceptors (Lipinski definition) is 6. The molecule has 1 aliphatic heterocycles. The van der Waals surface area contributed by atoms with E-state index in [2.05, 4.69) is 21.7 Å². The number of nitrogens with zero attached hydrogens (tertiary/aromatic N) is 2. The number of amides is 3. The first-order valence-electron chi connectivity index (χ1n) is 12.3. The van der Waals surface area contributed by atoms with Crippen LogP contribution >= 0.6 is 0 Å². The van der Waals surface area contributed by atoms with Gasteiger partial charge in [-0.25, -0.2) is 9.59 Å². The average molecular weight is 573 g/mol. The highest BCUT2D eigenvalue weighted by Gasteiger charge is 2.38. The van der Waals surface area contributed by atoms with Crippen LogP contribution in [0.2, 0.25) is 0 Å². The number of hydrogen-bond donors (Lipinski definition) is 5. The molecule has 0 spiro atoms. The molecule has 0 saturated carbocycles. The molecule has 0 unspecified atom stereocenters. The van der Waals surface area contributed by atoms with Crippen LogP contribution in [0, 0.1) is 11.3 Å². The Kier molecular flexibility index (Phi) is 9.69. The van der Waals surface area contributed by atoms with Crippen LogP contribution in [0.25, 0.3) is 10.9 Å². The number of fused-ring (bicyclic) bond motifs is 1. The van der Waals surface area contributed by atoms with Crippen molar-refractivity contribution in [1.29, 1.82) is 5.26 Å². The van der Waals surface area contributed by atoms with Crippen molar-refractivity contribution in [2.24, 2.45) is 5.73 Å². The summed E-state index contributed by atoms with van der Waals surface area (Å²) in [5.41, 5.74) is 9.64. The van der Waals surface area contributed by atoms with Gasteiger partial charge in [0.05, 0.1) is 12.1 Å². The van der Waals surface area contributed by atoms with Gasteiger partial charge in [0.2, 0.25) is 5.91 Å². The van der Waals surface area contributed by atoms with Crippen molar-refractivity contribution in [2.45, 2.75) is 44.4 Å². The fourth-order valence-corrected chi connectivity index (χ4v) is 4.21. The Balaban J connectivity index is 0.000000587. The number of Topliss-reactive ketones (excluding diaryl/α,β-unsaturated/α-hetero) is 1. The Morgan fingerprint density at radius 1 is 1.15 bits per heavy atom. The fraction of sp³-hybridized carbons (Fsp3) is 0.296. The number of H-pyrrole nitrogens is 1. The highest BCUT2D eigenvalue weighted by atomic mass is 19.4. The highest BCUT2D eigenvalue weighted by molar-refractivity contribution is 6.02. The summed E-state index contributed by atoms with van der Waals surface area (Å²) in [5.74, 6) is -3.02. The summed E-state index contributed by atoms with van der Waals surface area (Å²) in [4.78, 5) is 50.2. The third kappa shape index (κ3) is 8.05. The van der Waals surface area contributed by atoms with Gasteiger partial charge in [-0.3, -0.25) is 9.59 Å². The lowest BCUT2D eigenvalue weighted by Gasteiger charge is -2.23. The van der Waals surface area contributed by atoms with Crippen LogP contribution in [0.5, 0.6) is 0 Å². The standard InChI is InChI=1S/C25H26N6O3.C2HF3O2/c1-15(32)16-4-6-18(7-5-16)29-25(34)30-19-8-9-23-21(12-19)17(14-28-23)11-22(27)24(33)31-10-2-3-20(31)13-26;3-2(4,5)1(6)7/h4-9,12,14,20,22,28H,2-3,10-11,27H2,1H3,(H2,29,30,34);(H,6,7)/t20-,22-;/m0./s1. The van der Waals surface area contributed by atoms with Crippen molar-refractivity contribution in [3.8, 4) is 6.07 Å². The van der Waals surface area contributed by atoms with Crippen molar-refractivity contribution >= 4 is 46.0 Å². The van der Waals surface area contributed by atoms with Crippen LogP contribution in [0.3, 0.4) is 0 Å². The van der Waals surface area contributed by atoms with Crippen LogP contribution in [0.4, 0.5) is 29.3 Å². The summed E-state index contributed by atoms with van der Waals surface area (Å²) in [6.45, 7) is 2.04. The summed E-state index contributed by atoms with van der Waals surface area (Å²) in [7, 11) is 0. The minimum atomic E-state index is -5.08. The molecule has 11 nitrogen and oxygen atoms in total. The molecule has 2 atom stereocenters. The molecule has 2 aromatic carbocycles. The first-order valence-corrected chi connectivity index (χ1v) is 12.3. The number of carbonyl (C=O) groups excluding carboxylic acids is 3. The Hall–Kier alpha value is -4.90. The number of carboxylic acids is 1. The molecule has 41 heavy (non-hydrogen) atoms. The second kappa shape index (κ2) is 13.0. The summed E-state index contributed by atoms with van der Waals surface area (Å²) in [6, 6.07) is 12.7. The molecule has 0 aliphatic carbocycles. The van der Waals surface area contributed by atoms with E-state index < -0.39 is 30.3 Å². The van der Waals surface area contributed by atoms with Crippen LogP contribution in [-0.2, 0) is 16.0 Å². The molecular weight excluding hydrogens is 545 g/mol. The van der Waals surface area contributed by atoms with Gasteiger partial charge in [-0.05, 0) is 74.2 Å². The third-order valence-corrected chi connectivity index (χ3v) is 6.26. The van der Waals surface area contributed by atoms with Crippen molar-refractivity contribution in [2.75, 3.05) is 17.2 Å². The number of nitrogens with one attached hydrogen (secondary N) is 3. The first-order chi connectivity index (χ1) is 19.3. The Bertz CT molecular complexity index is 1480. The van der Waals surface area contributed by atoms with E-state index >= 15 is 0 Å². The van der Waals surface area contributed by atoms with Crippen LogP contribution in [-0.4, -0.2) is 63.5 Å². The lowest BCUT2D eigenvalue weighted by molar-refractivity contribution is -0.192. The number of benzene rings is 2. The number of aromatic nitrogens is 1. The maximum atomic E-state index is 12.8. The smallest absolute Gasteiger partial charge is 0.475 e. The number of carbonyl (C=O) groups is 4. The van der Waals surface area contributed by atoms with Crippen LogP contribution in [0.1, 0.15) is 35.7 Å². The molecule has 2 heterocycles. The largest absolute Gasteiger partial charge is 0.490 e.